The first-order valence-electron chi connectivity index (χ1n) is 13.0. The largest absolute Gasteiger partial charge is 0.492 e. The van der Waals surface area contributed by atoms with Crippen LogP contribution in [0.2, 0.25) is 0 Å². The number of rotatable bonds is 0. The summed E-state index contributed by atoms with van der Waals surface area (Å²) in [4.78, 5) is 8.57. The van der Waals surface area contributed by atoms with E-state index in [1.807, 2.05) is 61.4 Å². The van der Waals surface area contributed by atoms with E-state index in [-0.39, 0.29) is 10.8 Å². The molecule has 0 N–H and O–H groups in total. The minimum absolute atomic E-state index is 0.0714. The van der Waals surface area contributed by atoms with E-state index in [1.54, 1.807) is 0 Å². The lowest BCUT2D eigenvalue weighted by Gasteiger charge is -2.33. The summed E-state index contributed by atoms with van der Waals surface area (Å²) in [6.45, 7) is 3.37. The number of ether oxygens (including phenoxy) is 2. The molecule has 0 saturated heterocycles. The summed E-state index contributed by atoms with van der Waals surface area (Å²) in [5.74, 6) is 1.71. The van der Waals surface area contributed by atoms with Crippen LogP contribution in [-0.2, 0) is 23.9 Å². The minimum atomic E-state index is -0.0714. The van der Waals surface area contributed by atoms with Crippen molar-refractivity contribution in [1.82, 2.24) is 19.1 Å². The van der Waals surface area contributed by atoms with E-state index in [0.717, 1.165) is 50.3 Å². The molecule has 4 aliphatic heterocycles. The van der Waals surface area contributed by atoms with Crippen LogP contribution in [0.5, 0.6) is 11.5 Å². The van der Waals surface area contributed by atoms with Crippen molar-refractivity contribution >= 4 is 0 Å². The molecule has 0 fully saturated rings. The van der Waals surface area contributed by atoms with Gasteiger partial charge in [-0.15, -0.1) is 0 Å². The second-order valence-corrected chi connectivity index (χ2v) is 10.5. The average Bonchev–Trinajstić information content (AvgIpc) is 3.76. The zero-order chi connectivity index (χ0) is 25.7. The Kier molecular flexibility index (Phi) is 5.06. The molecule has 2 aromatic heterocycles. The van der Waals surface area contributed by atoms with Crippen LogP contribution >= 0.6 is 0 Å². The smallest absolute Gasteiger partial charge is 0.124 e. The number of aromatic nitrogens is 4. The summed E-state index contributed by atoms with van der Waals surface area (Å²) in [6.07, 6.45) is 12.1. The van der Waals surface area contributed by atoms with Crippen molar-refractivity contribution in [3.63, 3.8) is 0 Å². The molecular formula is C30H26N6O2. The lowest BCUT2D eigenvalue weighted by molar-refractivity contribution is 0.253. The number of nitrogens with zero attached hydrogens (tertiary/aromatic N) is 6. The fraction of sp³-hybridized carbons (Fsp3) is 0.333. The zero-order valence-corrected chi connectivity index (χ0v) is 20.9. The lowest BCUT2D eigenvalue weighted by atomic mass is 9.74. The van der Waals surface area contributed by atoms with Crippen LogP contribution in [-0.4, -0.2) is 32.3 Å². The first kappa shape index (κ1) is 22.6. The van der Waals surface area contributed by atoms with Crippen molar-refractivity contribution in [2.24, 2.45) is 0 Å². The normalized spacial score (nSPS) is 23.5. The lowest BCUT2D eigenvalue weighted by Crippen LogP contribution is -2.35. The summed E-state index contributed by atoms with van der Waals surface area (Å²) in [6, 6.07) is 15.9. The Morgan fingerprint density at radius 3 is 1.63 bits per heavy atom. The molecular weight excluding hydrogens is 476 g/mol. The molecule has 0 bridgehead atoms. The van der Waals surface area contributed by atoms with E-state index >= 15 is 0 Å². The van der Waals surface area contributed by atoms with Gasteiger partial charge in [0, 0.05) is 36.6 Å². The number of fused-ring (bicyclic) bond motifs is 8. The molecule has 38 heavy (non-hydrogen) atoms. The van der Waals surface area contributed by atoms with Crippen LogP contribution < -0.4 is 9.47 Å². The Bertz CT molecular complexity index is 1520. The molecule has 0 saturated carbocycles. The van der Waals surface area contributed by atoms with Gasteiger partial charge in [0.1, 0.15) is 24.7 Å². The van der Waals surface area contributed by atoms with Crippen molar-refractivity contribution in [3.05, 3.63) is 95.1 Å². The van der Waals surface area contributed by atoms with Crippen molar-refractivity contribution < 1.29 is 9.47 Å². The molecule has 8 heteroatoms. The summed E-state index contributed by atoms with van der Waals surface area (Å²) < 4.78 is 16.2. The molecule has 8 nitrogen and oxygen atoms in total. The molecule has 6 heterocycles. The molecule has 2 spiro atoms. The van der Waals surface area contributed by atoms with Crippen LogP contribution in [0.25, 0.3) is 0 Å². The zero-order valence-electron chi connectivity index (χ0n) is 20.9. The summed E-state index contributed by atoms with van der Waals surface area (Å²) in [5, 5.41) is 18.0. The van der Waals surface area contributed by atoms with Gasteiger partial charge in [0.05, 0.1) is 58.1 Å². The van der Waals surface area contributed by atoms with Gasteiger partial charge in [-0.3, -0.25) is 0 Å². The van der Waals surface area contributed by atoms with Gasteiger partial charge in [0.15, 0.2) is 0 Å². The van der Waals surface area contributed by atoms with Gasteiger partial charge < -0.3 is 18.6 Å². The maximum atomic E-state index is 8.98. The predicted molar refractivity (Wildman–Crippen MR) is 138 cm³/mol. The van der Waals surface area contributed by atoms with Gasteiger partial charge in [-0.05, 0) is 49.9 Å². The van der Waals surface area contributed by atoms with E-state index in [2.05, 4.69) is 31.2 Å². The van der Waals surface area contributed by atoms with E-state index in [0.29, 0.717) is 24.3 Å². The third kappa shape index (κ3) is 3.20. The average molecular weight is 503 g/mol. The Morgan fingerprint density at radius 1 is 0.711 bits per heavy atom. The summed E-state index contributed by atoms with van der Waals surface area (Å²) in [5.41, 5.74) is 6.04. The fourth-order valence-corrected chi connectivity index (χ4v) is 6.76. The van der Waals surface area contributed by atoms with Gasteiger partial charge in [-0.2, -0.15) is 10.5 Å². The quantitative estimate of drug-likeness (QED) is 0.352. The van der Waals surface area contributed by atoms with E-state index < -0.39 is 0 Å². The second-order valence-electron chi connectivity index (χ2n) is 10.5. The van der Waals surface area contributed by atoms with E-state index in [1.165, 1.54) is 22.5 Å². The minimum Gasteiger partial charge on any atom is -0.492 e. The predicted octanol–water partition coefficient (Wildman–Crippen LogP) is 4.45. The second kappa shape index (κ2) is 8.49. The molecule has 2 atom stereocenters. The number of benzene rings is 2. The van der Waals surface area contributed by atoms with Crippen molar-refractivity contribution in [3.8, 4) is 23.6 Å². The molecule has 2 aromatic carbocycles. The molecule has 8 rings (SSSR count). The van der Waals surface area contributed by atoms with E-state index in [4.69, 9.17) is 20.0 Å². The number of nitriles is 2. The molecule has 4 aliphatic rings. The Hall–Kier alpha value is -4.56. The molecule has 0 amide bonds. The first-order chi connectivity index (χ1) is 18.7. The van der Waals surface area contributed by atoms with Crippen LogP contribution in [0.3, 0.4) is 0 Å². The first-order valence-corrected chi connectivity index (χ1v) is 13.0. The summed E-state index contributed by atoms with van der Waals surface area (Å²) >= 11 is 0. The van der Waals surface area contributed by atoms with Crippen molar-refractivity contribution in [1.29, 1.82) is 10.5 Å². The number of aryl methyl sites for hydroxylation is 2. The van der Waals surface area contributed by atoms with Crippen molar-refractivity contribution in [2.45, 2.75) is 49.6 Å². The maximum absolute atomic E-state index is 8.98. The van der Waals surface area contributed by atoms with Crippen LogP contribution in [0.4, 0.5) is 0 Å². The monoisotopic (exact) mass is 502 g/mol. The Labute approximate surface area is 220 Å². The Morgan fingerprint density at radius 2 is 1.18 bits per heavy atom. The molecule has 4 aromatic rings. The number of hydrogen-bond donors (Lipinski definition) is 0. The van der Waals surface area contributed by atoms with Gasteiger partial charge in [0.25, 0.3) is 0 Å². The van der Waals surface area contributed by atoms with Crippen LogP contribution in [0, 0.1) is 22.7 Å². The topological polar surface area (TPSA) is 102 Å². The van der Waals surface area contributed by atoms with Gasteiger partial charge in [0.2, 0.25) is 0 Å². The number of hydrogen-bond acceptors (Lipinski definition) is 6. The standard InChI is InChI=1S/2C15H13N3O/c2*16-7-11-2-3-12-13(6-11)19-9-15(12)4-1-5-18-10-17-8-14(15)18/h2*2-3,6,8,10H,1,4-5,9H2. The molecule has 188 valence electrons. The highest BCUT2D eigenvalue weighted by Gasteiger charge is 2.47. The van der Waals surface area contributed by atoms with Crippen LogP contribution in [0.15, 0.2) is 61.4 Å². The van der Waals surface area contributed by atoms with Gasteiger partial charge in [-0.1, -0.05) is 12.1 Å². The fourth-order valence-electron chi connectivity index (χ4n) is 6.76. The highest BCUT2D eigenvalue weighted by atomic mass is 16.5. The summed E-state index contributed by atoms with van der Waals surface area (Å²) in [7, 11) is 0. The van der Waals surface area contributed by atoms with E-state index in [9.17, 15) is 0 Å². The van der Waals surface area contributed by atoms with Gasteiger partial charge in [-0.25, -0.2) is 9.97 Å². The third-order valence-electron chi connectivity index (χ3n) is 8.61. The highest BCUT2D eigenvalue weighted by molar-refractivity contribution is 5.54. The Balaban J connectivity index is 0.000000127. The third-order valence-corrected chi connectivity index (χ3v) is 8.61. The highest BCUT2D eigenvalue weighted by Crippen LogP contribution is 2.49. The SMILES string of the molecule is N#Cc1ccc2c(c1)OCC21CCCn2cncc21.N#Cc1ccc2c(c1)OCC21CCCn2cncc21. The number of imidazole rings is 2. The molecule has 0 radical (unpaired) electrons. The van der Waals surface area contributed by atoms with Crippen molar-refractivity contribution in [2.75, 3.05) is 13.2 Å². The molecule has 2 unspecified atom stereocenters. The molecule has 0 aliphatic carbocycles. The maximum Gasteiger partial charge on any atom is 0.124 e. The van der Waals surface area contributed by atoms with Crippen LogP contribution in [0.1, 0.15) is 59.3 Å². The van der Waals surface area contributed by atoms with Gasteiger partial charge >= 0.3 is 0 Å².